The zero-order chi connectivity index (χ0) is 10.9. The third kappa shape index (κ3) is 5.50. The summed E-state index contributed by atoms with van der Waals surface area (Å²) < 4.78 is 5.65. The van der Waals surface area contributed by atoms with Gasteiger partial charge >= 0.3 is 0 Å². The van der Waals surface area contributed by atoms with Crippen molar-refractivity contribution in [1.82, 2.24) is 4.90 Å². The molecule has 0 aromatic carbocycles. The summed E-state index contributed by atoms with van der Waals surface area (Å²) in [5, 5.41) is 0. The average molecular weight is 214 g/mol. The maximum atomic E-state index is 5.65. The molecule has 0 spiro atoms. The summed E-state index contributed by atoms with van der Waals surface area (Å²) in [4.78, 5) is 2.57. The Kier molecular flexibility index (Phi) is 6.98. The van der Waals surface area contributed by atoms with E-state index in [1.807, 2.05) is 0 Å². The molecule has 3 nitrogen and oxygen atoms in total. The van der Waals surface area contributed by atoms with Crippen LogP contribution in [-0.2, 0) is 4.74 Å². The number of nitrogens with zero attached hydrogens (tertiary/aromatic N) is 1. The van der Waals surface area contributed by atoms with E-state index in [9.17, 15) is 0 Å². The van der Waals surface area contributed by atoms with E-state index in [0.717, 1.165) is 6.61 Å². The number of rotatable bonds is 7. The Morgan fingerprint density at radius 2 is 2.00 bits per heavy atom. The summed E-state index contributed by atoms with van der Waals surface area (Å²) in [6.45, 7) is 7.32. The van der Waals surface area contributed by atoms with Crippen LogP contribution in [0.4, 0.5) is 0 Å². The Morgan fingerprint density at radius 1 is 1.27 bits per heavy atom. The van der Waals surface area contributed by atoms with E-state index < -0.39 is 0 Å². The van der Waals surface area contributed by atoms with Crippen LogP contribution in [-0.4, -0.2) is 43.8 Å². The molecule has 1 aliphatic heterocycles. The van der Waals surface area contributed by atoms with Crippen LogP contribution < -0.4 is 5.73 Å². The molecule has 15 heavy (non-hydrogen) atoms. The fourth-order valence-corrected chi connectivity index (χ4v) is 2.12. The highest BCUT2D eigenvalue weighted by atomic mass is 16.5. The van der Waals surface area contributed by atoms with E-state index in [2.05, 4.69) is 11.8 Å². The molecule has 90 valence electrons. The Morgan fingerprint density at radius 3 is 2.60 bits per heavy atom. The standard InChI is InChI=1S/C12H26N2O/c1-2-3-4-8-14-9-5-12(6-10-14)15-11-7-13/h12H,2-11,13H2,1H3. The van der Waals surface area contributed by atoms with Gasteiger partial charge in [-0.25, -0.2) is 0 Å². The molecule has 3 heteroatoms. The lowest BCUT2D eigenvalue weighted by molar-refractivity contribution is 0.0112. The fourth-order valence-electron chi connectivity index (χ4n) is 2.12. The Bertz CT molecular complexity index is 145. The number of nitrogens with two attached hydrogens (primary N) is 1. The van der Waals surface area contributed by atoms with Crippen LogP contribution in [0.25, 0.3) is 0 Å². The maximum absolute atomic E-state index is 5.65. The summed E-state index contributed by atoms with van der Waals surface area (Å²) in [7, 11) is 0. The highest BCUT2D eigenvalue weighted by Gasteiger charge is 2.18. The van der Waals surface area contributed by atoms with Gasteiger partial charge in [0.2, 0.25) is 0 Å². The Balaban J connectivity index is 2.02. The first-order valence-corrected chi connectivity index (χ1v) is 6.40. The number of hydrogen-bond donors (Lipinski definition) is 1. The van der Waals surface area contributed by atoms with Gasteiger partial charge in [0.15, 0.2) is 0 Å². The summed E-state index contributed by atoms with van der Waals surface area (Å²) in [6.07, 6.45) is 6.87. The minimum absolute atomic E-state index is 0.468. The second kappa shape index (κ2) is 8.08. The largest absolute Gasteiger partial charge is 0.377 e. The molecule has 1 fully saturated rings. The van der Waals surface area contributed by atoms with Crippen molar-refractivity contribution in [1.29, 1.82) is 0 Å². The van der Waals surface area contributed by atoms with Crippen LogP contribution in [0.15, 0.2) is 0 Å². The Labute approximate surface area is 94.0 Å². The summed E-state index contributed by atoms with van der Waals surface area (Å²) in [5.41, 5.74) is 5.42. The van der Waals surface area contributed by atoms with E-state index in [1.54, 1.807) is 0 Å². The molecule has 0 radical (unpaired) electrons. The van der Waals surface area contributed by atoms with Gasteiger partial charge in [0.1, 0.15) is 0 Å². The van der Waals surface area contributed by atoms with Crippen molar-refractivity contribution in [2.75, 3.05) is 32.8 Å². The molecular weight excluding hydrogens is 188 g/mol. The van der Waals surface area contributed by atoms with Crippen molar-refractivity contribution in [3.05, 3.63) is 0 Å². The number of likely N-dealkylation sites (tertiary alicyclic amines) is 1. The third-order valence-electron chi connectivity index (χ3n) is 3.08. The van der Waals surface area contributed by atoms with Crippen molar-refractivity contribution in [2.45, 2.75) is 45.1 Å². The summed E-state index contributed by atoms with van der Waals surface area (Å²) in [5.74, 6) is 0. The van der Waals surface area contributed by atoms with Crippen molar-refractivity contribution < 1.29 is 4.74 Å². The van der Waals surface area contributed by atoms with E-state index in [1.165, 1.54) is 51.7 Å². The van der Waals surface area contributed by atoms with Gasteiger partial charge in [-0.2, -0.15) is 0 Å². The molecule has 1 aliphatic rings. The van der Waals surface area contributed by atoms with Gasteiger partial charge in [0.05, 0.1) is 12.7 Å². The lowest BCUT2D eigenvalue weighted by Gasteiger charge is -2.31. The van der Waals surface area contributed by atoms with E-state index in [0.29, 0.717) is 12.6 Å². The van der Waals surface area contributed by atoms with Crippen LogP contribution in [0.5, 0.6) is 0 Å². The molecule has 0 atom stereocenters. The van der Waals surface area contributed by atoms with Crippen LogP contribution >= 0.6 is 0 Å². The molecule has 1 heterocycles. The maximum Gasteiger partial charge on any atom is 0.0600 e. The second-order valence-electron chi connectivity index (χ2n) is 4.41. The van der Waals surface area contributed by atoms with Crippen LogP contribution in [0.1, 0.15) is 39.0 Å². The highest BCUT2D eigenvalue weighted by Crippen LogP contribution is 2.14. The van der Waals surface area contributed by atoms with Crippen LogP contribution in [0.3, 0.4) is 0 Å². The molecular formula is C12H26N2O. The predicted molar refractivity (Wildman–Crippen MR) is 64.0 cm³/mol. The monoisotopic (exact) mass is 214 g/mol. The van der Waals surface area contributed by atoms with Crippen LogP contribution in [0, 0.1) is 0 Å². The lowest BCUT2D eigenvalue weighted by Crippen LogP contribution is -2.38. The van der Waals surface area contributed by atoms with Gasteiger partial charge in [-0.3, -0.25) is 0 Å². The molecule has 2 N–H and O–H groups in total. The van der Waals surface area contributed by atoms with Gasteiger partial charge < -0.3 is 15.4 Å². The Hall–Kier alpha value is -0.120. The second-order valence-corrected chi connectivity index (χ2v) is 4.41. The molecule has 0 saturated carbocycles. The van der Waals surface area contributed by atoms with Gasteiger partial charge in [-0.15, -0.1) is 0 Å². The summed E-state index contributed by atoms with van der Waals surface area (Å²) in [6, 6.07) is 0. The normalized spacial score (nSPS) is 19.6. The van der Waals surface area contributed by atoms with E-state index in [-0.39, 0.29) is 0 Å². The quantitative estimate of drug-likeness (QED) is 0.654. The molecule has 0 aromatic heterocycles. The molecule has 0 amide bonds. The molecule has 0 aliphatic carbocycles. The first kappa shape index (κ1) is 12.9. The zero-order valence-corrected chi connectivity index (χ0v) is 10.1. The predicted octanol–water partition coefficient (Wildman–Crippen LogP) is 1.62. The van der Waals surface area contributed by atoms with Crippen molar-refractivity contribution >= 4 is 0 Å². The van der Waals surface area contributed by atoms with Crippen molar-refractivity contribution in [3.63, 3.8) is 0 Å². The van der Waals surface area contributed by atoms with E-state index in [4.69, 9.17) is 10.5 Å². The first-order chi connectivity index (χ1) is 7.36. The summed E-state index contributed by atoms with van der Waals surface area (Å²) >= 11 is 0. The molecule has 0 bridgehead atoms. The van der Waals surface area contributed by atoms with Gasteiger partial charge in [-0.1, -0.05) is 19.8 Å². The van der Waals surface area contributed by atoms with Gasteiger partial charge in [-0.05, 0) is 25.8 Å². The molecule has 1 rings (SSSR count). The topological polar surface area (TPSA) is 38.5 Å². The van der Waals surface area contributed by atoms with Crippen molar-refractivity contribution in [2.24, 2.45) is 5.73 Å². The third-order valence-corrected chi connectivity index (χ3v) is 3.08. The van der Waals surface area contributed by atoms with E-state index >= 15 is 0 Å². The highest BCUT2D eigenvalue weighted by molar-refractivity contribution is 4.72. The van der Waals surface area contributed by atoms with Crippen LogP contribution in [0.2, 0.25) is 0 Å². The molecule has 0 unspecified atom stereocenters. The molecule has 0 aromatic rings. The van der Waals surface area contributed by atoms with Gasteiger partial charge in [0, 0.05) is 19.6 Å². The minimum Gasteiger partial charge on any atom is -0.377 e. The number of piperidine rings is 1. The average Bonchev–Trinajstić information content (AvgIpc) is 2.28. The van der Waals surface area contributed by atoms with Crippen molar-refractivity contribution in [3.8, 4) is 0 Å². The fraction of sp³-hybridized carbons (Fsp3) is 1.00. The first-order valence-electron chi connectivity index (χ1n) is 6.40. The smallest absolute Gasteiger partial charge is 0.0600 e. The number of unbranched alkanes of at least 4 members (excludes halogenated alkanes) is 2. The lowest BCUT2D eigenvalue weighted by atomic mass is 10.1. The molecule has 1 saturated heterocycles. The SMILES string of the molecule is CCCCCN1CCC(OCCN)CC1. The minimum atomic E-state index is 0.468. The zero-order valence-electron chi connectivity index (χ0n) is 10.1. The number of ether oxygens (including phenoxy) is 1. The number of hydrogen-bond acceptors (Lipinski definition) is 3. The van der Waals surface area contributed by atoms with Gasteiger partial charge in [0.25, 0.3) is 0 Å².